The van der Waals surface area contributed by atoms with Crippen molar-refractivity contribution in [1.82, 2.24) is 25.1 Å². The lowest BCUT2D eigenvalue weighted by Gasteiger charge is -2.24. The van der Waals surface area contributed by atoms with E-state index in [1.165, 1.54) is 17.5 Å². The lowest BCUT2D eigenvalue weighted by molar-refractivity contribution is 0.244. The maximum Gasteiger partial charge on any atom is 0.0761 e. The molecule has 2 aromatic heterocycles. The van der Waals surface area contributed by atoms with E-state index in [1.807, 2.05) is 31.6 Å². The van der Waals surface area contributed by atoms with Crippen LogP contribution in [0, 0.1) is 6.92 Å². The van der Waals surface area contributed by atoms with Gasteiger partial charge in [-0.15, -0.1) is 0 Å². The smallest absolute Gasteiger partial charge is 0.0761 e. The van der Waals surface area contributed by atoms with E-state index in [4.69, 9.17) is 0 Å². The molecule has 5 nitrogen and oxygen atoms in total. The van der Waals surface area contributed by atoms with Crippen molar-refractivity contribution in [2.75, 3.05) is 6.54 Å². The molecule has 1 aliphatic heterocycles. The number of aromatic amines is 1. The van der Waals surface area contributed by atoms with Gasteiger partial charge in [0.05, 0.1) is 29.3 Å². The van der Waals surface area contributed by atoms with Crippen LogP contribution in [0.3, 0.4) is 0 Å². The number of likely N-dealkylation sites (tertiary alicyclic amines) is 1. The summed E-state index contributed by atoms with van der Waals surface area (Å²) < 4.78 is 0. The van der Waals surface area contributed by atoms with Gasteiger partial charge in [-0.25, -0.2) is 0 Å². The van der Waals surface area contributed by atoms with Gasteiger partial charge in [-0.2, -0.15) is 5.10 Å². The predicted octanol–water partition coefficient (Wildman–Crippen LogP) is 3.51. The van der Waals surface area contributed by atoms with Gasteiger partial charge < -0.3 is 0 Å². The zero-order chi connectivity index (χ0) is 16.4. The van der Waals surface area contributed by atoms with Gasteiger partial charge in [-0.3, -0.25) is 20.0 Å². The summed E-state index contributed by atoms with van der Waals surface area (Å²) in [6.45, 7) is 3.96. The molecule has 4 rings (SSSR count). The summed E-state index contributed by atoms with van der Waals surface area (Å²) in [5.41, 5.74) is 5.58. The highest BCUT2D eigenvalue weighted by Crippen LogP contribution is 2.33. The number of hydrogen-bond acceptors (Lipinski definition) is 4. The molecule has 1 aliphatic rings. The minimum Gasteiger partial charge on any atom is -0.290 e. The molecule has 1 fully saturated rings. The second-order valence-electron chi connectivity index (χ2n) is 6.35. The van der Waals surface area contributed by atoms with E-state index in [1.54, 1.807) is 0 Å². The highest BCUT2D eigenvalue weighted by atomic mass is 15.2. The standard InChI is InChI=1S/C19H21N5/c1-14-10-20-12-17(22-14)18-8-5-9-24(18)13-16-11-21-23-19(16)15-6-3-2-4-7-15/h2-4,6-7,10-12,18H,5,8-9,13H2,1H3,(H,21,23). The van der Waals surface area contributed by atoms with Gasteiger partial charge in [0, 0.05) is 24.5 Å². The SMILES string of the molecule is Cc1cncc(C2CCCN2Cc2cn[nH]c2-c2ccccc2)n1. The van der Waals surface area contributed by atoms with Crippen molar-refractivity contribution >= 4 is 0 Å². The number of aromatic nitrogens is 4. The second-order valence-corrected chi connectivity index (χ2v) is 6.35. The molecule has 0 radical (unpaired) electrons. The quantitative estimate of drug-likeness (QED) is 0.799. The van der Waals surface area contributed by atoms with Crippen molar-refractivity contribution in [3.8, 4) is 11.3 Å². The van der Waals surface area contributed by atoms with Crippen molar-refractivity contribution in [2.24, 2.45) is 0 Å². The van der Waals surface area contributed by atoms with Crippen LogP contribution in [-0.4, -0.2) is 31.6 Å². The topological polar surface area (TPSA) is 57.7 Å². The van der Waals surface area contributed by atoms with Crippen molar-refractivity contribution < 1.29 is 0 Å². The zero-order valence-corrected chi connectivity index (χ0v) is 13.8. The van der Waals surface area contributed by atoms with Crippen LogP contribution >= 0.6 is 0 Å². The van der Waals surface area contributed by atoms with Crippen molar-refractivity contribution in [3.05, 3.63) is 65.9 Å². The second kappa shape index (κ2) is 6.53. The molecule has 0 amide bonds. The minimum absolute atomic E-state index is 0.343. The van der Waals surface area contributed by atoms with Gasteiger partial charge >= 0.3 is 0 Å². The van der Waals surface area contributed by atoms with Crippen LogP contribution < -0.4 is 0 Å². The van der Waals surface area contributed by atoms with Crippen LogP contribution in [0.1, 0.15) is 35.8 Å². The van der Waals surface area contributed by atoms with Crippen LogP contribution in [0.5, 0.6) is 0 Å². The number of benzene rings is 1. The third-order valence-electron chi connectivity index (χ3n) is 4.63. The first-order chi connectivity index (χ1) is 11.8. The van der Waals surface area contributed by atoms with Gasteiger partial charge in [-0.05, 0) is 31.9 Å². The van der Waals surface area contributed by atoms with Gasteiger partial charge in [0.25, 0.3) is 0 Å². The number of hydrogen-bond donors (Lipinski definition) is 1. The maximum absolute atomic E-state index is 4.69. The molecule has 1 aromatic carbocycles. The Morgan fingerprint density at radius 2 is 2.04 bits per heavy atom. The molecular formula is C19H21N5. The summed E-state index contributed by atoms with van der Waals surface area (Å²) >= 11 is 0. The lowest BCUT2D eigenvalue weighted by Crippen LogP contribution is -2.23. The average molecular weight is 319 g/mol. The summed E-state index contributed by atoms with van der Waals surface area (Å²) in [6.07, 6.45) is 7.99. The average Bonchev–Trinajstić information content (AvgIpc) is 3.25. The van der Waals surface area contributed by atoms with E-state index in [0.717, 1.165) is 36.6 Å². The third kappa shape index (κ3) is 2.95. The number of nitrogens with one attached hydrogen (secondary N) is 1. The molecule has 0 bridgehead atoms. The van der Waals surface area contributed by atoms with Gasteiger partial charge in [-0.1, -0.05) is 30.3 Å². The lowest BCUT2D eigenvalue weighted by atomic mass is 10.1. The van der Waals surface area contributed by atoms with E-state index in [0.29, 0.717) is 6.04 Å². The van der Waals surface area contributed by atoms with Gasteiger partial charge in [0.15, 0.2) is 0 Å². The Bertz CT molecular complexity index is 811. The maximum atomic E-state index is 4.69. The fraction of sp³-hybridized carbons (Fsp3) is 0.316. The highest BCUT2D eigenvalue weighted by Gasteiger charge is 2.28. The van der Waals surface area contributed by atoms with Crippen LogP contribution in [0.25, 0.3) is 11.3 Å². The summed E-state index contributed by atoms with van der Waals surface area (Å²) in [5, 5.41) is 7.43. The first-order valence-corrected chi connectivity index (χ1v) is 8.41. The van der Waals surface area contributed by atoms with Crippen LogP contribution in [-0.2, 0) is 6.54 Å². The summed E-state index contributed by atoms with van der Waals surface area (Å²) in [7, 11) is 0. The molecule has 0 aliphatic carbocycles. The monoisotopic (exact) mass is 319 g/mol. The highest BCUT2D eigenvalue weighted by molar-refractivity contribution is 5.62. The van der Waals surface area contributed by atoms with Crippen LogP contribution in [0.4, 0.5) is 0 Å². The Morgan fingerprint density at radius 1 is 1.17 bits per heavy atom. The van der Waals surface area contributed by atoms with Crippen molar-refractivity contribution in [3.63, 3.8) is 0 Å². The predicted molar refractivity (Wildman–Crippen MR) is 93.2 cm³/mol. The first-order valence-electron chi connectivity index (χ1n) is 8.41. The molecule has 5 heteroatoms. The Labute approximate surface area is 141 Å². The molecule has 1 saturated heterocycles. The molecule has 3 heterocycles. The van der Waals surface area contributed by atoms with E-state index < -0.39 is 0 Å². The van der Waals surface area contributed by atoms with Crippen molar-refractivity contribution in [1.29, 1.82) is 0 Å². The fourth-order valence-corrected chi connectivity index (χ4v) is 3.50. The van der Waals surface area contributed by atoms with Gasteiger partial charge in [0.2, 0.25) is 0 Å². The number of H-pyrrole nitrogens is 1. The Kier molecular flexibility index (Phi) is 4.09. The molecular weight excluding hydrogens is 298 g/mol. The molecule has 0 saturated carbocycles. The molecule has 1 atom stereocenters. The Balaban J connectivity index is 1.58. The van der Waals surface area contributed by atoms with E-state index in [2.05, 4.69) is 49.3 Å². The number of aryl methyl sites for hydroxylation is 1. The minimum atomic E-state index is 0.343. The normalized spacial score (nSPS) is 18.1. The molecule has 24 heavy (non-hydrogen) atoms. The summed E-state index contributed by atoms with van der Waals surface area (Å²) in [6, 6.07) is 10.7. The number of nitrogens with zero attached hydrogens (tertiary/aromatic N) is 4. The summed E-state index contributed by atoms with van der Waals surface area (Å²) in [5.74, 6) is 0. The Morgan fingerprint density at radius 3 is 2.88 bits per heavy atom. The van der Waals surface area contributed by atoms with Crippen molar-refractivity contribution in [2.45, 2.75) is 32.4 Å². The van der Waals surface area contributed by atoms with E-state index in [-0.39, 0.29) is 0 Å². The Hall–Kier alpha value is -2.53. The molecule has 1 N–H and O–H groups in total. The molecule has 0 spiro atoms. The molecule has 122 valence electrons. The van der Waals surface area contributed by atoms with Crippen LogP contribution in [0.2, 0.25) is 0 Å². The first kappa shape index (κ1) is 15.0. The third-order valence-corrected chi connectivity index (χ3v) is 4.63. The van der Waals surface area contributed by atoms with Gasteiger partial charge in [0.1, 0.15) is 0 Å². The number of rotatable bonds is 4. The van der Waals surface area contributed by atoms with Crippen LogP contribution in [0.15, 0.2) is 48.9 Å². The summed E-state index contributed by atoms with van der Waals surface area (Å²) in [4.78, 5) is 11.5. The molecule has 3 aromatic rings. The van der Waals surface area contributed by atoms with E-state index in [9.17, 15) is 0 Å². The van der Waals surface area contributed by atoms with E-state index >= 15 is 0 Å². The largest absolute Gasteiger partial charge is 0.290 e. The zero-order valence-electron chi connectivity index (χ0n) is 13.8. The fourth-order valence-electron chi connectivity index (χ4n) is 3.50. The molecule has 1 unspecified atom stereocenters.